The molecule has 0 saturated carbocycles. The molecule has 0 radical (unpaired) electrons. The Morgan fingerprint density at radius 1 is 1.22 bits per heavy atom. The van der Waals surface area contributed by atoms with Crippen LogP contribution in [0.5, 0.6) is 0 Å². The highest BCUT2D eigenvalue weighted by Crippen LogP contribution is 2.18. The lowest BCUT2D eigenvalue weighted by atomic mass is 10.0. The Hall–Kier alpha value is -0.930. The number of likely N-dealkylation sites (tertiary alicyclic amines) is 1. The second-order valence-corrected chi connectivity index (χ2v) is 5.33. The van der Waals surface area contributed by atoms with Gasteiger partial charge in [0.05, 0.1) is 0 Å². The van der Waals surface area contributed by atoms with Crippen molar-refractivity contribution in [1.82, 2.24) is 4.90 Å². The monoisotopic (exact) mass is 250 g/mol. The van der Waals surface area contributed by atoms with Crippen molar-refractivity contribution in [2.75, 3.05) is 19.6 Å². The highest BCUT2D eigenvalue weighted by atomic mass is 19.1. The van der Waals surface area contributed by atoms with Gasteiger partial charge in [0.1, 0.15) is 5.82 Å². The van der Waals surface area contributed by atoms with E-state index in [-0.39, 0.29) is 11.9 Å². The Kier molecular flexibility index (Phi) is 4.72. The minimum Gasteiger partial charge on any atom is -0.323 e. The summed E-state index contributed by atoms with van der Waals surface area (Å²) in [5.74, 6) is -0.152. The van der Waals surface area contributed by atoms with Gasteiger partial charge in [0.15, 0.2) is 0 Å². The van der Waals surface area contributed by atoms with Gasteiger partial charge >= 0.3 is 0 Å². The molecule has 0 spiro atoms. The van der Waals surface area contributed by atoms with Crippen LogP contribution in [0.25, 0.3) is 0 Å². The van der Waals surface area contributed by atoms with E-state index >= 15 is 0 Å². The molecule has 0 bridgehead atoms. The standard InChI is InChI=1S/C15H23FN2/c1-12-10-13(6-7-14(12)16)15(17)11-18-8-4-2-3-5-9-18/h6-7,10,15H,2-5,8-9,11,17H2,1H3. The van der Waals surface area contributed by atoms with Gasteiger partial charge < -0.3 is 10.6 Å². The van der Waals surface area contributed by atoms with Crippen LogP contribution >= 0.6 is 0 Å². The summed E-state index contributed by atoms with van der Waals surface area (Å²) in [4.78, 5) is 2.44. The first kappa shape index (κ1) is 13.5. The topological polar surface area (TPSA) is 29.3 Å². The van der Waals surface area contributed by atoms with Crippen LogP contribution in [0.2, 0.25) is 0 Å². The quantitative estimate of drug-likeness (QED) is 0.893. The fraction of sp³-hybridized carbons (Fsp3) is 0.600. The molecule has 0 amide bonds. The normalized spacial score (nSPS) is 19.5. The summed E-state index contributed by atoms with van der Waals surface area (Å²) in [6.07, 6.45) is 5.22. The van der Waals surface area contributed by atoms with Crippen LogP contribution in [-0.4, -0.2) is 24.5 Å². The summed E-state index contributed by atoms with van der Waals surface area (Å²) in [5, 5.41) is 0. The average Bonchev–Trinajstić information content (AvgIpc) is 2.61. The van der Waals surface area contributed by atoms with Gasteiger partial charge in [0.2, 0.25) is 0 Å². The molecule has 1 saturated heterocycles. The molecule has 100 valence electrons. The van der Waals surface area contributed by atoms with E-state index in [1.807, 2.05) is 12.1 Å². The number of halogens is 1. The Bertz CT molecular complexity index is 384. The number of hydrogen-bond donors (Lipinski definition) is 1. The lowest BCUT2D eigenvalue weighted by molar-refractivity contribution is 0.268. The molecule has 1 unspecified atom stereocenters. The third-order valence-electron chi connectivity index (χ3n) is 3.76. The van der Waals surface area contributed by atoms with Gasteiger partial charge in [0, 0.05) is 12.6 Å². The number of nitrogens with zero attached hydrogens (tertiary/aromatic N) is 1. The van der Waals surface area contributed by atoms with Gasteiger partial charge in [-0.2, -0.15) is 0 Å². The number of nitrogens with two attached hydrogens (primary N) is 1. The maximum absolute atomic E-state index is 13.2. The number of rotatable bonds is 3. The van der Waals surface area contributed by atoms with Crippen LogP contribution in [0, 0.1) is 12.7 Å². The predicted molar refractivity (Wildman–Crippen MR) is 73.0 cm³/mol. The largest absolute Gasteiger partial charge is 0.323 e. The van der Waals surface area contributed by atoms with E-state index in [0.717, 1.165) is 25.2 Å². The lowest BCUT2D eigenvalue weighted by Gasteiger charge is -2.24. The minimum absolute atomic E-state index is 0.0117. The fourth-order valence-corrected chi connectivity index (χ4v) is 2.60. The predicted octanol–water partition coefficient (Wildman–Crippen LogP) is 3.01. The van der Waals surface area contributed by atoms with E-state index in [4.69, 9.17) is 5.73 Å². The third-order valence-corrected chi connectivity index (χ3v) is 3.76. The van der Waals surface area contributed by atoms with Crippen molar-refractivity contribution >= 4 is 0 Å². The van der Waals surface area contributed by atoms with E-state index < -0.39 is 0 Å². The molecule has 18 heavy (non-hydrogen) atoms. The Labute approximate surface area is 109 Å². The highest BCUT2D eigenvalue weighted by molar-refractivity contribution is 5.26. The van der Waals surface area contributed by atoms with Crippen molar-refractivity contribution in [2.45, 2.75) is 38.6 Å². The van der Waals surface area contributed by atoms with Crippen molar-refractivity contribution < 1.29 is 4.39 Å². The molecule has 1 aromatic carbocycles. The van der Waals surface area contributed by atoms with Gasteiger partial charge in [0.25, 0.3) is 0 Å². The molecule has 1 aliphatic heterocycles. The summed E-state index contributed by atoms with van der Waals surface area (Å²) < 4.78 is 13.2. The molecule has 1 aromatic rings. The molecule has 0 aromatic heterocycles. The molecule has 3 heteroatoms. The molecule has 2 nitrogen and oxygen atoms in total. The van der Waals surface area contributed by atoms with Crippen LogP contribution in [-0.2, 0) is 0 Å². The van der Waals surface area contributed by atoms with Crippen molar-refractivity contribution in [3.63, 3.8) is 0 Å². The molecular weight excluding hydrogens is 227 g/mol. The fourth-order valence-electron chi connectivity index (χ4n) is 2.60. The molecule has 1 atom stereocenters. The summed E-state index contributed by atoms with van der Waals surface area (Å²) in [7, 11) is 0. The highest BCUT2D eigenvalue weighted by Gasteiger charge is 2.14. The van der Waals surface area contributed by atoms with E-state index in [1.165, 1.54) is 31.7 Å². The summed E-state index contributed by atoms with van der Waals surface area (Å²) in [5.41, 5.74) is 7.95. The third kappa shape index (κ3) is 3.53. The average molecular weight is 250 g/mol. The Morgan fingerprint density at radius 3 is 2.50 bits per heavy atom. The zero-order chi connectivity index (χ0) is 13.0. The van der Waals surface area contributed by atoms with E-state index in [2.05, 4.69) is 4.90 Å². The second-order valence-electron chi connectivity index (χ2n) is 5.33. The zero-order valence-corrected chi connectivity index (χ0v) is 11.2. The smallest absolute Gasteiger partial charge is 0.126 e. The van der Waals surface area contributed by atoms with Gasteiger partial charge in [-0.05, 0) is 50.0 Å². The Morgan fingerprint density at radius 2 is 1.89 bits per heavy atom. The maximum Gasteiger partial charge on any atom is 0.126 e. The first-order valence-electron chi connectivity index (χ1n) is 6.91. The van der Waals surface area contributed by atoms with Crippen LogP contribution in [0.4, 0.5) is 4.39 Å². The summed E-state index contributed by atoms with van der Waals surface area (Å²) in [6.45, 7) is 4.96. The van der Waals surface area contributed by atoms with Crippen LogP contribution in [0.15, 0.2) is 18.2 Å². The summed E-state index contributed by atoms with van der Waals surface area (Å²) >= 11 is 0. The number of benzene rings is 1. The molecule has 2 N–H and O–H groups in total. The van der Waals surface area contributed by atoms with Crippen LogP contribution in [0.3, 0.4) is 0 Å². The minimum atomic E-state index is -0.152. The Balaban J connectivity index is 1.97. The van der Waals surface area contributed by atoms with Crippen LogP contribution in [0.1, 0.15) is 42.9 Å². The lowest BCUT2D eigenvalue weighted by Crippen LogP contribution is -2.33. The molecule has 1 aliphatic rings. The van der Waals surface area contributed by atoms with Gasteiger partial charge in [-0.15, -0.1) is 0 Å². The van der Waals surface area contributed by atoms with Crippen LogP contribution < -0.4 is 5.73 Å². The van der Waals surface area contributed by atoms with Crippen molar-refractivity contribution in [3.8, 4) is 0 Å². The van der Waals surface area contributed by atoms with Gasteiger partial charge in [-0.25, -0.2) is 4.39 Å². The van der Waals surface area contributed by atoms with Gasteiger partial charge in [-0.1, -0.05) is 25.0 Å². The van der Waals surface area contributed by atoms with E-state index in [1.54, 1.807) is 6.92 Å². The molecule has 0 aliphatic carbocycles. The van der Waals surface area contributed by atoms with Crippen molar-refractivity contribution in [3.05, 3.63) is 35.1 Å². The zero-order valence-electron chi connectivity index (χ0n) is 11.2. The molecule has 2 rings (SSSR count). The van der Waals surface area contributed by atoms with E-state index in [0.29, 0.717) is 5.56 Å². The van der Waals surface area contributed by atoms with Crippen molar-refractivity contribution in [1.29, 1.82) is 0 Å². The maximum atomic E-state index is 13.2. The molecule has 1 fully saturated rings. The summed E-state index contributed by atoms with van der Waals surface area (Å²) in [6, 6.07) is 5.19. The van der Waals surface area contributed by atoms with E-state index in [9.17, 15) is 4.39 Å². The van der Waals surface area contributed by atoms with Crippen molar-refractivity contribution in [2.24, 2.45) is 5.73 Å². The SMILES string of the molecule is Cc1cc(C(N)CN2CCCCCC2)ccc1F. The van der Waals surface area contributed by atoms with Gasteiger partial charge in [-0.3, -0.25) is 0 Å². The molecule has 1 heterocycles. The first-order chi connectivity index (χ1) is 8.66. The number of aryl methyl sites for hydroxylation is 1. The second kappa shape index (κ2) is 6.30. The first-order valence-corrected chi connectivity index (χ1v) is 6.91. The number of hydrogen-bond acceptors (Lipinski definition) is 2. The molecular formula is C15H23FN2.